The van der Waals surface area contributed by atoms with Crippen molar-refractivity contribution in [3.8, 4) is 0 Å². The lowest BCUT2D eigenvalue weighted by atomic mass is 10.2. The van der Waals surface area contributed by atoms with Gasteiger partial charge in [-0.1, -0.05) is 35.0 Å². The largest absolute Gasteiger partial charge is 0.466 e. The van der Waals surface area contributed by atoms with Crippen LogP contribution in [0.25, 0.3) is 0 Å². The summed E-state index contributed by atoms with van der Waals surface area (Å²) in [6.07, 6.45) is 0.522. The molecule has 0 fully saturated rings. The Morgan fingerprint density at radius 1 is 1.16 bits per heavy atom. The van der Waals surface area contributed by atoms with Gasteiger partial charge in [-0.05, 0) is 31.2 Å². The SMILES string of the molecule is Cc1ccccc1[SiH2]COC(=O)c1ccc(N)cc1. The van der Waals surface area contributed by atoms with Crippen LogP contribution in [0.1, 0.15) is 15.9 Å². The van der Waals surface area contributed by atoms with Crippen LogP contribution in [0.5, 0.6) is 0 Å². The number of nitrogen functional groups attached to an aromatic ring is 1. The Balaban J connectivity index is 1.88. The van der Waals surface area contributed by atoms with Crippen molar-refractivity contribution in [1.82, 2.24) is 0 Å². The Morgan fingerprint density at radius 2 is 1.84 bits per heavy atom. The molecule has 2 rings (SSSR count). The van der Waals surface area contributed by atoms with Gasteiger partial charge in [0.05, 0.1) is 21.3 Å². The number of carbonyl (C=O) groups excluding carboxylic acids is 1. The zero-order valence-corrected chi connectivity index (χ0v) is 12.3. The van der Waals surface area contributed by atoms with Crippen molar-refractivity contribution in [2.75, 3.05) is 12.0 Å². The van der Waals surface area contributed by atoms with E-state index in [-0.39, 0.29) is 5.97 Å². The first-order chi connectivity index (χ1) is 9.16. The van der Waals surface area contributed by atoms with Crippen LogP contribution >= 0.6 is 0 Å². The molecular weight excluding hydrogens is 254 g/mol. The molecule has 98 valence electrons. The molecule has 2 aromatic carbocycles. The molecule has 0 radical (unpaired) electrons. The normalized spacial score (nSPS) is 10.8. The zero-order chi connectivity index (χ0) is 13.7. The minimum absolute atomic E-state index is 0.277. The molecule has 0 aliphatic rings. The summed E-state index contributed by atoms with van der Waals surface area (Å²) in [6.45, 7) is 2.09. The second-order valence-electron chi connectivity index (χ2n) is 4.43. The van der Waals surface area contributed by atoms with Crippen LogP contribution in [-0.2, 0) is 4.74 Å². The van der Waals surface area contributed by atoms with Gasteiger partial charge in [0.15, 0.2) is 0 Å². The Bertz CT molecular complexity index is 567. The fraction of sp³-hybridized carbons (Fsp3) is 0.133. The maximum atomic E-state index is 11.8. The standard InChI is InChI=1S/C15H17NO2Si/c1-11-4-2-3-5-14(11)19-10-18-15(17)12-6-8-13(16)9-7-12/h2-9H,10,16,19H2,1H3. The van der Waals surface area contributed by atoms with Gasteiger partial charge in [-0.3, -0.25) is 0 Å². The molecule has 3 nitrogen and oxygen atoms in total. The molecule has 0 aliphatic heterocycles. The average molecular weight is 271 g/mol. The van der Waals surface area contributed by atoms with Crippen molar-refractivity contribution in [3.05, 3.63) is 59.7 Å². The zero-order valence-electron chi connectivity index (χ0n) is 10.9. The molecule has 0 amide bonds. The minimum atomic E-state index is -0.564. The lowest BCUT2D eigenvalue weighted by Gasteiger charge is -2.06. The highest BCUT2D eigenvalue weighted by Crippen LogP contribution is 2.06. The molecular formula is C15H17NO2Si. The summed E-state index contributed by atoms with van der Waals surface area (Å²) in [7, 11) is -0.564. The topological polar surface area (TPSA) is 52.3 Å². The van der Waals surface area contributed by atoms with E-state index in [0.717, 1.165) is 0 Å². The van der Waals surface area contributed by atoms with E-state index < -0.39 is 9.52 Å². The van der Waals surface area contributed by atoms with Gasteiger partial charge in [-0.2, -0.15) is 0 Å². The molecule has 0 saturated heterocycles. The fourth-order valence-electron chi connectivity index (χ4n) is 1.85. The molecule has 0 aromatic heterocycles. The molecule has 2 aromatic rings. The lowest BCUT2D eigenvalue weighted by Crippen LogP contribution is -2.23. The van der Waals surface area contributed by atoms with E-state index in [0.29, 0.717) is 17.5 Å². The van der Waals surface area contributed by atoms with Gasteiger partial charge in [-0.15, -0.1) is 0 Å². The van der Waals surface area contributed by atoms with E-state index in [1.807, 2.05) is 12.1 Å². The third-order valence-electron chi connectivity index (χ3n) is 3.01. The van der Waals surface area contributed by atoms with Crippen LogP contribution in [0, 0.1) is 6.92 Å². The number of carbonyl (C=O) groups is 1. The molecule has 0 spiro atoms. The Hall–Kier alpha value is -2.07. The maximum absolute atomic E-state index is 11.8. The van der Waals surface area contributed by atoms with Crippen LogP contribution < -0.4 is 10.9 Å². The first-order valence-corrected chi connectivity index (χ1v) is 7.94. The molecule has 0 bridgehead atoms. The molecule has 4 heteroatoms. The summed E-state index contributed by atoms with van der Waals surface area (Å²) in [5.41, 5.74) is 8.04. The Labute approximate surface area is 115 Å². The third kappa shape index (κ3) is 3.69. The van der Waals surface area contributed by atoms with E-state index in [1.165, 1.54) is 10.8 Å². The van der Waals surface area contributed by atoms with Crippen molar-refractivity contribution in [2.45, 2.75) is 6.92 Å². The summed E-state index contributed by atoms with van der Waals surface area (Å²) in [5, 5.41) is 1.34. The van der Waals surface area contributed by atoms with Gasteiger partial charge in [0.25, 0.3) is 0 Å². The number of nitrogens with two attached hydrogens (primary N) is 1. The van der Waals surface area contributed by atoms with Crippen molar-refractivity contribution >= 4 is 26.4 Å². The highest BCUT2D eigenvalue weighted by Gasteiger charge is 2.07. The Kier molecular flexibility index (Phi) is 4.36. The fourth-order valence-corrected chi connectivity index (χ4v) is 3.17. The van der Waals surface area contributed by atoms with Gasteiger partial charge in [0.1, 0.15) is 0 Å². The minimum Gasteiger partial charge on any atom is -0.466 e. The highest BCUT2D eigenvalue weighted by atomic mass is 28.2. The van der Waals surface area contributed by atoms with Gasteiger partial charge in [-0.25, -0.2) is 4.79 Å². The summed E-state index contributed by atoms with van der Waals surface area (Å²) in [4.78, 5) is 11.8. The predicted octanol–water partition coefficient (Wildman–Crippen LogP) is 1.19. The van der Waals surface area contributed by atoms with E-state index in [9.17, 15) is 4.79 Å². The van der Waals surface area contributed by atoms with Crippen molar-refractivity contribution < 1.29 is 9.53 Å². The number of ether oxygens (including phenoxy) is 1. The first kappa shape index (κ1) is 13.4. The van der Waals surface area contributed by atoms with E-state index in [4.69, 9.17) is 10.5 Å². The number of anilines is 1. The summed E-state index contributed by atoms with van der Waals surface area (Å²) < 4.78 is 5.31. The molecule has 0 atom stereocenters. The summed E-state index contributed by atoms with van der Waals surface area (Å²) >= 11 is 0. The van der Waals surface area contributed by atoms with Gasteiger partial charge in [0, 0.05) is 5.69 Å². The van der Waals surface area contributed by atoms with Gasteiger partial charge < -0.3 is 10.5 Å². The number of hydrogen-bond acceptors (Lipinski definition) is 3. The summed E-state index contributed by atoms with van der Waals surface area (Å²) in [6, 6.07) is 15.0. The number of benzene rings is 2. The highest BCUT2D eigenvalue weighted by molar-refractivity contribution is 6.54. The molecule has 0 unspecified atom stereocenters. The second kappa shape index (κ2) is 6.20. The monoisotopic (exact) mass is 271 g/mol. The Morgan fingerprint density at radius 3 is 2.53 bits per heavy atom. The maximum Gasteiger partial charge on any atom is 0.337 e. The molecule has 0 saturated carbocycles. The molecule has 2 N–H and O–H groups in total. The smallest absolute Gasteiger partial charge is 0.337 e. The van der Waals surface area contributed by atoms with Crippen molar-refractivity contribution in [2.24, 2.45) is 0 Å². The molecule has 0 aliphatic carbocycles. The third-order valence-corrected chi connectivity index (χ3v) is 4.75. The van der Waals surface area contributed by atoms with Gasteiger partial charge in [0.2, 0.25) is 0 Å². The van der Waals surface area contributed by atoms with Crippen LogP contribution in [0.3, 0.4) is 0 Å². The number of esters is 1. The predicted molar refractivity (Wildman–Crippen MR) is 80.5 cm³/mol. The van der Waals surface area contributed by atoms with Crippen LogP contribution in [0.4, 0.5) is 5.69 Å². The number of rotatable bonds is 4. The van der Waals surface area contributed by atoms with Crippen LogP contribution in [-0.4, -0.2) is 21.7 Å². The van der Waals surface area contributed by atoms with Gasteiger partial charge >= 0.3 is 5.97 Å². The van der Waals surface area contributed by atoms with E-state index in [1.54, 1.807) is 24.3 Å². The quantitative estimate of drug-likeness (QED) is 0.516. The van der Waals surface area contributed by atoms with Crippen LogP contribution in [0.15, 0.2) is 48.5 Å². The van der Waals surface area contributed by atoms with Crippen molar-refractivity contribution in [1.29, 1.82) is 0 Å². The van der Waals surface area contributed by atoms with E-state index in [2.05, 4.69) is 19.1 Å². The first-order valence-electron chi connectivity index (χ1n) is 6.24. The van der Waals surface area contributed by atoms with Crippen molar-refractivity contribution in [3.63, 3.8) is 0 Å². The molecule has 19 heavy (non-hydrogen) atoms. The summed E-state index contributed by atoms with van der Waals surface area (Å²) in [5.74, 6) is -0.277. The average Bonchev–Trinajstić information content (AvgIpc) is 2.41. The number of aryl methyl sites for hydroxylation is 1. The second-order valence-corrected chi connectivity index (χ2v) is 6.10. The molecule has 0 heterocycles. The van der Waals surface area contributed by atoms with E-state index >= 15 is 0 Å². The number of hydrogen-bond donors (Lipinski definition) is 1. The lowest BCUT2D eigenvalue weighted by molar-refractivity contribution is 0.0572. The van der Waals surface area contributed by atoms with Crippen LogP contribution in [0.2, 0.25) is 0 Å².